The SMILES string of the molecule is CC(C(=O)NC1CCNC1)c1cccs1. The molecule has 2 unspecified atom stereocenters. The lowest BCUT2D eigenvalue weighted by atomic mass is 10.1. The van der Waals surface area contributed by atoms with Crippen LogP contribution >= 0.6 is 11.3 Å². The van der Waals surface area contributed by atoms with Gasteiger partial charge in [-0.3, -0.25) is 4.79 Å². The summed E-state index contributed by atoms with van der Waals surface area (Å²) in [5, 5.41) is 8.32. The Hall–Kier alpha value is -0.870. The third-order valence-electron chi connectivity index (χ3n) is 2.77. The predicted molar refractivity (Wildman–Crippen MR) is 62.2 cm³/mol. The van der Waals surface area contributed by atoms with Crippen molar-refractivity contribution < 1.29 is 4.79 Å². The van der Waals surface area contributed by atoms with Crippen molar-refractivity contribution in [3.05, 3.63) is 22.4 Å². The molecule has 0 bridgehead atoms. The van der Waals surface area contributed by atoms with Crippen molar-refractivity contribution in [3.8, 4) is 0 Å². The number of carbonyl (C=O) groups is 1. The highest BCUT2D eigenvalue weighted by Crippen LogP contribution is 2.20. The van der Waals surface area contributed by atoms with Crippen molar-refractivity contribution in [2.75, 3.05) is 13.1 Å². The highest BCUT2D eigenvalue weighted by molar-refractivity contribution is 7.10. The maximum Gasteiger partial charge on any atom is 0.228 e. The Balaban J connectivity index is 1.90. The second-order valence-corrected chi connectivity index (χ2v) is 4.91. The summed E-state index contributed by atoms with van der Waals surface area (Å²) in [6, 6.07) is 4.32. The molecule has 2 heterocycles. The Morgan fingerprint density at radius 3 is 3.20 bits per heavy atom. The van der Waals surface area contributed by atoms with E-state index in [1.165, 1.54) is 0 Å². The Morgan fingerprint density at radius 1 is 1.73 bits per heavy atom. The highest BCUT2D eigenvalue weighted by Gasteiger charge is 2.21. The molecule has 82 valence electrons. The first-order valence-corrected chi connectivity index (χ1v) is 6.20. The summed E-state index contributed by atoms with van der Waals surface area (Å²) in [5.74, 6) is 0.122. The van der Waals surface area contributed by atoms with Crippen LogP contribution in [0.3, 0.4) is 0 Å². The van der Waals surface area contributed by atoms with E-state index < -0.39 is 0 Å². The number of carbonyl (C=O) groups excluding carboxylic acids is 1. The van der Waals surface area contributed by atoms with E-state index in [9.17, 15) is 4.79 Å². The normalized spacial score (nSPS) is 22.6. The largest absolute Gasteiger partial charge is 0.351 e. The summed E-state index contributed by atoms with van der Waals surface area (Å²) in [4.78, 5) is 13.0. The number of nitrogens with one attached hydrogen (secondary N) is 2. The molecule has 15 heavy (non-hydrogen) atoms. The van der Waals surface area contributed by atoms with Gasteiger partial charge >= 0.3 is 0 Å². The van der Waals surface area contributed by atoms with E-state index in [2.05, 4.69) is 10.6 Å². The van der Waals surface area contributed by atoms with Crippen LogP contribution in [0.5, 0.6) is 0 Å². The maximum atomic E-state index is 11.9. The minimum atomic E-state index is -0.0226. The summed E-state index contributed by atoms with van der Waals surface area (Å²) >= 11 is 1.64. The Kier molecular flexibility index (Phi) is 3.38. The highest BCUT2D eigenvalue weighted by atomic mass is 32.1. The fourth-order valence-corrected chi connectivity index (χ4v) is 2.55. The summed E-state index contributed by atoms with van der Waals surface area (Å²) in [5.41, 5.74) is 0. The molecule has 1 aliphatic rings. The first-order chi connectivity index (χ1) is 7.27. The molecule has 1 aromatic heterocycles. The molecule has 1 saturated heterocycles. The minimum Gasteiger partial charge on any atom is -0.351 e. The van der Waals surface area contributed by atoms with E-state index in [1.807, 2.05) is 24.4 Å². The van der Waals surface area contributed by atoms with Crippen LogP contribution in [0.4, 0.5) is 0 Å². The molecular weight excluding hydrogens is 208 g/mol. The van der Waals surface area contributed by atoms with E-state index in [0.29, 0.717) is 6.04 Å². The van der Waals surface area contributed by atoms with Crippen molar-refractivity contribution in [1.82, 2.24) is 10.6 Å². The molecule has 2 N–H and O–H groups in total. The Morgan fingerprint density at radius 2 is 2.60 bits per heavy atom. The summed E-state index contributed by atoms with van der Waals surface area (Å²) in [6.07, 6.45) is 1.04. The quantitative estimate of drug-likeness (QED) is 0.813. The van der Waals surface area contributed by atoms with Gasteiger partial charge in [-0.1, -0.05) is 6.07 Å². The number of rotatable bonds is 3. The van der Waals surface area contributed by atoms with Gasteiger partial charge in [0.15, 0.2) is 0 Å². The van der Waals surface area contributed by atoms with Gasteiger partial charge in [0.1, 0.15) is 0 Å². The van der Waals surface area contributed by atoms with Gasteiger partial charge in [-0.25, -0.2) is 0 Å². The smallest absolute Gasteiger partial charge is 0.228 e. The van der Waals surface area contributed by atoms with Crippen molar-refractivity contribution in [1.29, 1.82) is 0 Å². The number of thiophene rings is 1. The van der Waals surface area contributed by atoms with Gasteiger partial charge in [0, 0.05) is 17.5 Å². The molecule has 4 heteroatoms. The minimum absolute atomic E-state index is 0.0226. The van der Waals surface area contributed by atoms with E-state index in [1.54, 1.807) is 11.3 Å². The van der Waals surface area contributed by atoms with Crippen LogP contribution in [0.2, 0.25) is 0 Å². The fraction of sp³-hybridized carbons (Fsp3) is 0.545. The number of amides is 1. The van der Waals surface area contributed by atoms with Crippen molar-refractivity contribution in [2.24, 2.45) is 0 Å². The molecule has 0 saturated carbocycles. The molecule has 2 atom stereocenters. The lowest BCUT2D eigenvalue weighted by Gasteiger charge is -2.15. The van der Waals surface area contributed by atoms with Gasteiger partial charge in [0.05, 0.1) is 5.92 Å². The van der Waals surface area contributed by atoms with E-state index in [4.69, 9.17) is 0 Å². The van der Waals surface area contributed by atoms with Crippen LogP contribution in [-0.4, -0.2) is 25.0 Å². The second-order valence-electron chi connectivity index (χ2n) is 3.94. The second kappa shape index (κ2) is 4.77. The molecular formula is C11H16N2OS. The zero-order valence-corrected chi connectivity index (χ0v) is 9.64. The van der Waals surface area contributed by atoms with Gasteiger partial charge in [-0.15, -0.1) is 11.3 Å². The van der Waals surface area contributed by atoms with Gasteiger partial charge < -0.3 is 10.6 Å². The zero-order valence-electron chi connectivity index (χ0n) is 8.82. The lowest BCUT2D eigenvalue weighted by molar-refractivity contribution is -0.122. The monoisotopic (exact) mass is 224 g/mol. The van der Waals surface area contributed by atoms with Crippen molar-refractivity contribution in [3.63, 3.8) is 0 Å². The Labute approximate surface area is 93.9 Å². The van der Waals surface area contributed by atoms with Crippen molar-refractivity contribution >= 4 is 17.2 Å². The van der Waals surface area contributed by atoms with E-state index in [-0.39, 0.29) is 11.8 Å². The standard InChI is InChI=1S/C11H16N2OS/c1-8(10-3-2-6-15-10)11(14)13-9-4-5-12-7-9/h2-3,6,8-9,12H,4-5,7H2,1H3,(H,13,14). The molecule has 1 aliphatic heterocycles. The average molecular weight is 224 g/mol. The third kappa shape index (κ3) is 2.58. The van der Waals surface area contributed by atoms with Gasteiger partial charge in [-0.05, 0) is 31.3 Å². The average Bonchev–Trinajstić information content (AvgIpc) is 2.88. The molecule has 0 aliphatic carbocycles. The zero-order chi connectivity index (χ0) is 10.7. The molecule has 1 fully saturated rings. The van der Waals surface area contributed by atoms with Crippen LogP contribution in [0.25, 0.3) is 0 Å². The molecule has 3 nitrogen and oxygen atoms in total. The fourth-order valence-electron chi connectivity index (χ4n) is 1.77. The molecule has 2 rings (SSSR count). The third-order valence-corrected chi connectivity index (χ3v) is 3.82. The van der Waals surface area contributed by atoms with Crippen LogP contribution in [0, 0.1) is 0 Å². The molecule has 1 aromatic rings. The summed E-state index contributed by atoms with van der Waals surface area (Å²) < 4.78 is 0. The van der Waals surface area contributed by atoms with Crippen LogP contribution in [0.1, 0.15) is 24.1 Å². The van der Waals surface area contributed by atoms with E-state index in [0.717, 1.165) is 24.4 Å². The van der Waals surface area contributed by atoms with Crippen LogP contribution < -0.4 is 10.6 Å². The van der Waals surface area contributed by atoms with Crippen LogP contribution in [-0.2, 0) is 4.79 Å². The lowest BCUT2D eigenvalue weighted by Crippen LogP contribution is -2.38. The molecule has 1 amide bonds. The van der Waals surface area contributed by atoms with Gasteiger partial charge in [0.2, 0.25) is 5.91 Å². The van der Waals surface area contributed by atoms with Gasteiger partial charge in [-0.2, -0.15) is 0 Å². The molecule has 0 radical (unpaired) electrons. The number of hydrogen-bond acceptors (Lipinski definition) is 3. The maximum absolute atomic E-state index is 11.9. The molecule has 0 spiro atoms. The Bertz CT molecular complexity index is 317. The number of hydrogen-bond donors (Lipinski definition) is 2. The summed E-state index contributed by atoms with van der Waals surface area (Å²) in [6.45, 7) is 3.88. The van der Waals surface area contributed by atoms with Crippen molar-refractivity contribution in [2.45, 2.75) is 25.3 Å². The topological polar surface area (TPSA) is 41.1 Å². The predicted octanol–water partition coefficient (Wildman–Crippen LogP) is 1.33. The molecule has 0 aromatic carbocycles. The van der Waals surface area contributed by atoms with E-state index >= 15 is 0 Å². The summed E-state index contributed by atoms with van der Waals surface area (Å²) in [7, 11) is 0. The van der Waals surface area contributed by atoms with Gasteiger partial charge in [0.25, 0.3) is 0 Å². The first kappa shape index (κ1) is 10.6. The first-order valence-electron chi connectivity index (χ1n) is 5.32. The van der Waals surface area contributed by atoms with Crippen LogP contribution in [0.15, 0.2) is 17.5 Å².